The van der Waals surface area contributed by atoms with Gasteiger partial charge in [-0.3, -0.25) is 9.78 Å². The standard InChI is InChI=1S/C23H21FN4O2/c24-18-4-2-1-3-15(18)14-5-6-19-17(11-14)22-16(21(13-29)27-19)7-10-28(22)23(30)20-12-25-8-9-26-20/h1-6,8-9,11-12,16,21-22,27,29H,7,10,13H2/t16-,21-,22-/m0/s1. The summed E-state index contributed by atoms with van der Waals surface area (Å²) in [6, 6.07) is 12.0. The first-order valence-corrected chi connectivity index (χ1v) is 10.0. The first-order valence-electron chi connectivity index (χ1n) is 10.0. The molecule has 0 bridgehead atoms. The van der Waals surface area contributed by atoms with Crippen LogP contribution in [-0.4, -0.2) is 45.1 Å². The van der Waals surface area contributed by atoms with Gasteiger partial charge < -0.3 is 15.3 Å². The summed E-state index contributed by atoms with van der Waals surface area (Å²) in [6.45, 7) is 0.537. The topological polar surface area (TPSA) is 78.4 Å². The Morgan fingerprint density at radius 1 is 1.23 bits per heavy atom. The number of likely N-dealkylation sites (tertiary alicyclic amines) is 1. The Bertz CT molecular complexity index is 1090. The van der Waals surface area contributed by atoms with Crippen LogP contribution < -0.4 is 5.32 Å². The van der Waals surface area contributed by atoms with Gasteiger partial charge in [-0.25, -0.2) is 9.37 Å². The number of fused-ring (bicyclic) bond motifs is 3. The van der Waals surface area contributed by atoms with Gasteiger partial charge in [0.05, 0.1) is 24.9 Å². The lowest BCUT2D eigenvalue weighted by Gasteiger charge is -2.39. The van der Waals surface area contributed by atoms with Crippen molar-refractivity contribution in [3.8, 4) is 11.1 Å². The number of aliphatic hydroxyl groups is 1. The molecule has 1 fully saturated rings. The average Bonchev–Trinajstić information content (AvgIpc) is 3.24. The number of hydrogen-bond donors (Lipinski definition) is 2. The Labute approximate surface area is 173 Å². The molecule has 0 aliphatic carbocycles. The van der Waals surface area contributed by atoms with E-state index in [1.165, 1.54) is 24.7 Å². The molecule has 2 aromatic carbocycles. The molecule has 2 aliphatic heterocycles. The summed E-state index contributed by atoms with van der Waals surface area (Å²) in [4.78, 5) is 23.2. The van der Waals surface area contributed by atoms with E-state index < -0.39 is 0 Å². The Hall–Kier alpha value is -3.32. The number of rotatable bonds is 3. The fourth-order valence-corrected chi connectivity index (χ4v) is 4.71. The van der Waals surface area contributed by atoms with Crippen LogP contribution in [0, 0.1) is 11.7 Å². The number of carbonyl (C=O) groups is 1. The molecule has 0 spiro atoms. The van der Waals surface area contributed by atoms with Crippen molar-refractivity contribution >= 4 is 11.6 Å². The second-order valence-electron chi connectivity index (χ2n) is 7.70. The van der Waals surface area contributed by atoms with Gasteiger partial charge in [-0.05, 0) is 35.7 Å². The van der Waals surface area contributed by atoms with Gasteiger partial charge in [-0.15, -0.1) is 0 Å². The third-order valence-electron chi connectivity index (χ3n) is 6.10. The van der Waals surface area contributed by atoms with Crippen molar-refractivity contribution in [2.45, 2.75) is 18.5 Å². The lowest BCUT2D eigenvalue weighted by molar-refractivity contribution is 0.0694. The van der Waals surface area contributed by atoms with Crippen LogP contribution in [0.15, 0.2) is 61.1 Å². The molecule has 1 saturated heterocycles. The zero-order valence-electron chi connectivity index (χ0n) is 16.2. The molecule has 7 heteroatoms. The predicted octanol–water partition coefficient (Wildman–Crippen LogP) is 3.27. The van der Waals surface area contributed by atoms with E-state index in [2.05, 4.69) is 15.3 Å². The highest BCUT2D eigenvalue weighted by Crippen LogP contribution is 2.47. The maximum Gasteiger partial charge on any atom is 0.274 e. The molecular weight excluding hydrogens is 383 g/mol. The van der Waals surface area contributed by atoms with Gasteiger partial charge in [-0.2, -0.15) is 0 Å². The predicted molar refractivity (Wildman–Crippen MR) is 110 cm³/mol. The smallest absolute Gasteiger partial charge is 0.274 e. The summed E-state index contributed by atoms with van der Waals surface area (Å²) < 4.78 is 14.4. The number of halogens is 1. The van der Waals surface area contributed by atoms with Crippen LogP contribution >= 0.6 is 0 Å². The Morgan fingerprint density at radius 3 is 2.87 bits per heavy atom. The van der Waals surface area contributed by atoms with Gasteiger partial charge in [-0.1, -0.05) is 24.3 Å². The van der Waals surface area contributed by atoms with Crippen LogP contribution in [-0.2, 0) is 0 Å². The molecule has 0 radical (unpaired) electrons. The minimum Gasteiger partial charge on any atom is -0.394 e. The average molecular weight is 404 g/mol. The third kappa shape index (κ3) is 3.02. The van der Waals surface area contributed by atoms with E-state index in [0.29, 0.717) is 17.8 Å². The molecule has 3 heterocycles. The van der Waals surface area contributed by atoms with E-state index in [0.717, 1.165) is 23.2 Å². The molecule has 30 heavy (non-hydrogen) atoms. The maximum atomic E-state index is 14.4. The highest BCUT2D eigenvalue weighted by atomic mass is 19.1. The minimum absolute atomic E-state index is 0.0250. The number of hydrogen-bond acceptors (Lipinski definition) is 5. The molecule has 6 nitrogen and oxygen atoms in total. The second-order valence-corrected chi connectivity index (χ2v) is 7.70. The Morgan fingerprint density at radius 2 is 2.10 bits per heavy atom. The van der Waals surface area contributed by atoms with Crippen molar-refractivity contribution in [1.82, 2.24) is 14.9 Å². The normalized spacial score (nSPS) is 22.2. The van der Waals surface area contributed by atoms with Crippen LogP contribution in [0.5, 0.6) is 0 Å². The molecule has 0 unspecified atom stereocenters. The van der Waals surface area contributed by atoms with E-state index in [1.54, 1.807) is 18.2 Å². The third-order valence-corrected chi connectivity index (χ3v) is 6.10. The molecule has 5 rings (SSSR count). The molecule has 3 aromatic rings. The fraction of sp³-hybridized carbons (Fsp3) is 0.261. The van der Waals surface area contributed by atoms with Crippen molar-refractivity contribution in [3.05, 3.63) is 78.1 Å². The summed E-state index contributed by atoms with van der Waals surface area (Å²) in [5, 5.41) is 13.3. The Kier molecular flexibility index (Phi) is 4.67. The highest BCUT2D eigenvalue weighted by Gasteiger charge is 2.46. The van der Waals surface area contributed by atoms with Gasteiger partial charge in [0.1, 0.15) is 11.5 Å². The van der Waals surface area contributed by atoms with E-state index in [9.17, 15) is 14.3 Å². The van der Waals surface area contributed by atoms with E-state index >= 15 is 0 Å². The number of anilines is 1. The van der Waals surface area contributed by atoms with Crippen molar-refractivity contribution in [3.63, 3.8) is 0 Å². The number of nitrogens with one attached hydrogen (secondary N) is 1. The zero-order valence-corrected chi connectivity index (χ0v) is 16.2. The molecule has 3 atom stereocenters. The fourth-order valence-electron chi connectivity index (χ4n) is 4.71. The molecule has 2 aliphatic rings. The molecule has 1 amide bonds. The molecule has 2 N–H and O–H groups in total. The number of nitrogens with zero attached hydrogens (tertiary/aromatic N) is 3. The number of aliphatic hydroxyl groups excluding tert-OH is 1. The minimum atomic E-state index is -0.287. The SMILES string of the molecule is O=C(c1cnccn1)N1CC[C@H]2[C@H](CO)Nc3ccc(-c4ccccc4F)cc3[C@H]21. The van der Waals surface area contributed by atoms with Gasteiger partial charge in [0.15, 0.2) is 0 Å². The van der Waals surface area contributed by atoms with E-state index in [4.69, 9.17) is 0 Å². The van der Waals surface area contributed by atoms with Crippen molar-refractivity contribution in [1.29, 1.82) is 0 Å². The quantitative estimate of drug-likeness (QED) is 0.701. The van der Waals surface area contributed by atoms with Crippen LogP contribution in [0.3, 0.4) is 0 Å². The maximum absolute atomic E-state index is 14.4. The molecule has 0 saturated carbocycles. The summed E-state index contributed by atoms with van der Waals surface area (Å²) in [5.74, 6) is -0.416. The number of carbonyl (C=O) groups excluding carboxylic acids is 1. The van der Waals surface area contributed by atoms with Crippen LogP contribution in [0.1, 0.15) is 28.5 Å². The highest BCUT2D eigenvalue weighted by molar-refractivity contribution is 5.93. The van der Waals surface area contributed by atoms with Gasteiger partial charge in [0, 0.05) is 36.1 Å². The monoisotopic (exact) mass is 404 g/mol. The van der Waals surface area contributed by atoms with Gasteiger partial charge in [0.25, 0.3) is 5.91 Å². The zero-order chi connectivity index (χ0) is 20.7. The lowest BCUT2D eigenvalue weighted by atomic mass is 9.82. The number of aromatic nitrogens is 2. The first kappa shape index (κ1) is 18.7. The van der Waals surface area contributed by atoms with Crippen LogP contribution in [0.25, 0.3) is 11.1 Å². The largest absolute Gasteiger partial charge is 0.394 e. The summed E-state index contributed by atoms with van der Waals surface area (Å²) >= 11 is 0. The molecule has 152 valence electrons. The van der Waals surface area contributed by atoms with Crippen LogP contribution in [0.4, 0.5) is 10.1 Å². The van der Waals surface area contributed by atoms with Gasteiger partial charge >= 0.3 is 0 Å². The summed E-state index contributed by atoms with van der Waals surface area (Å²) in [6.07, 6.45) is 5.27. The van der Waals surface area contributed by atoms with E-state index in [-0.39, 0.29) is 36.3 Å². The summed E-state index contributed by atoms with van der Waals surface area (Å²) in [5.41, 5.74) is 3.36. The number of benzene rings is 2. The summed E-state index contributed by atoms with van der Waals surface area (Å²) in [7, 11) is 0. The Balaban J connectivity index is 1.59. The second kappa shape index (κ2) is 7.50. The van der Waals surface area contributed by atoms with Crippen molar-refractivity contribution in [2.75, 3.05) is 18.5 Å². The molecular formula is C23H21FN4O2. The van der Waals surface area contributed by atoms with Crippen molar-refractivity contribution < 1.29 is 14.3 Å². The van der Waals surface area contributed by atoms with Gasteiger partial charge in [0.2, 0.25) is 0 Å². The van der Waals surface area contributed by atoms with Crippen LogP contribution in [0.2, 0.25) is 0 Å². The van der Waals surface area contributed by atoms with Crippen molar-refractivity contribution in [2.24, 2.45) is 5.92 Å². The number of amides is 1. The first-order chi connectivity index (χ1) is 14.7. The lowest BCUT2D eigenvalue weighted by Crippen LogP contribution is -2.43. The van der Waals surface area contributed by atoms with E-state index in [1.807, 2.05) is 23.1 Å². The molecule has 1 aromatic heterocycles.